The number of halogens is 1. The fourth-order valence-corrected chi connectivity index (χ4v) is 3.56. The highest BCUT2D eigenvalue weighted by molar-refractivity contribution is 7.99. The van der Waals surface area contributed by atoms with E-state index in [1.54, 1.807) is 0 Å². The Labute approximate surface area is 138 Å². The average Bonchev–Trinajstić information content (AvgIpc) is 2.50. The van der Waals surface area contributed by atoms with E-state index in [9.17, 15) is 14.0 Å². The third kappa shape index (κ3) is 4.94. The van der Waals surface area contributed by atoms with E-state index in [0.717, 1.165) is 24.2 Å². The zero-order valence-electron chi connectivity index (χ0n) is 13.0. The van der Waals surface area contributed by atoms with Crippen molar-refractivity contribution in [3.8, 4) is 0 Å². The minimum absolute atomic E-state index is 0.175. The smallest absolute Gasteiger partial charge is 0.329 e. The van der Waals surface area contributed by atoms with Crippen LogP contribution < -0.4 is 4.90 Å². The second kappa shape index (κ2) is 8.31. The fourth-order valence-electron chi connectivity index (χ4n) is 2.53. The topological polar surface area (TPSA) is 66.8 Å². The Morgan fingerprint density at radius 2 is 2.22 bits per heavy atom. The molecule has 1 heterocycles. The molecule has 0 atom stereocenters. The highest BCUT2D eigenvalue weighted by Gasteiger charge is 2.19. The Hall–Kier alpha value is -1.60. The van der Waals surface area contributed by atoms with Gasteiger partial charge in [-0.05, 0) is 42.7 Å². The Morgan fingerprint density at radius 1 is 1.43 bits per heavy atom. The molecular formula is C16H20FNO4S. The molecule has 1 aliphatic rings. The van der Waals surface area contributed by atoms with E-state index in [0.29, 0.717) is 23.5 Å². The second-order valence-electron chi connectivity index (χ2n) is 5.34. The lowest BCUT2D eigenvalue weighted by Crippen LogP contribution is -2.30. The first kappa shape index (κ1) is 17.7. The SMILES string of the molecule is CC(=O)N(CCCOCC(=O)O)c1cc(F)c2c(c1)CCCS2. The van der Waals surface area contributed by atoms with Crippen molar-refractivity contribution in [3.63, 3.8) is 0 Å². The molecule has 23 heavy (non-hydrogen) atoms. The van der Waals surface area contributed by atoms with Crippen LogP contribution in [-0.4, -0.2) is 42.5 Å². The van der Waals surface area contributed by atoms with Gasteiger partial charge in [-0.15, -0.1) is 11.8 Å². The van der Waals surface area contributed by atoms with Crippen LogP contribution in [0.3, 0.4) is 0 Å². The molecule has 2 rings (SSSR count). The molecule has 0 radical (unpaired) electrons. The van der Waals surface area contributed by atoms with E-state index in [-0.39, 0.29) is 24.9 Å². The minimum Gasteiger partial charge on any atom is -0.480 e. The number of nitrogens with zero attached hydrogens (tertiary/aromatic N) is 1. The standard InChI is InChI=1S/C16H20FNO4S/c1-11(19)18(5-3-6-22-10-15(20)21)13-8-12-4-2-7-23-16(12)14(17)9-13/h8-9H,2-7,10H2,1H3,(H,20,21). The first-order chi connectivity index (χ1) is 11.0. The van der Waals surface area contributed by atoms with Crippen LogP contribution in [0.25, 0.3) is 0 Å². The Kier molecular flexibility index (Phi) is 6.41. The predicted octanol–water partition coefficient (Wildman–Crippen LogP) is 2.71. The number of aliphatic carboxylic acids is 1. The number of fused-ring (bicyclic) bond motifs is 1. The number of hydrogen-bond acceptors (Lipinski definition) is 4. The molecule has 0 saturated carbocycles. The van der Waals surface area contributed by atoms with Gasteiger partial charge in [0, 0.05) is 30.7 Å². The monoisotopic (exact) mass is 341 g/mol. The Balaban J connectivity index is 2.04. The van der Waals surface area contributed by atoms with Gasteiger partial charge in [0.1, 0.15) is 12.4 Å². The first-order valence-corrected chi connectivity index (χ1v) is 8.50. The molecule has 0 aliphatic carbocycles. The van der Waals surface area contributed by atoms with Crippen molar-refractivity contribution in [1.82, 2.24) is 0 Å². The van der Waals surface area contributed by atoms with E-state index in [1.807, 2.05) is 6.07 Å². The molecule has 0 saturated heterocycles. The maximum absolute atomic E-state index is 14.2. The molecule has 0 aromatic heterocycles. The number of anilines is 1. The summed E-state index contributed by atoms with van der Waals surface area (Å²) in [6.45, 7) is 1.68. The largest absolute Gasteiger partial charge is 0.480 e. The molecular weight excluding hydrogens is 321 g/mol. The molecule has 0 spiro atoms. The van der Waals surface area contributed by atoms with Crippen LogP contribution in [-0.2, 0) is 20.7 Å². The number of thioether (sulfide) groups is 1. The number of rotatable bonds is 7. The number of aryl methyl sites for hydroxylation is 1. The number of benzene rings is 1. The van der Waals surface area contributed by atoms with E-state index in [4.69, 9.17) is 9.84 Å². The van der Waals surface area contributed by atoms with Gasteiger partial charge in [-0.3, -0.25) is 4.79 Å². The summed E-state index contributed by atoms with van der Waals surface area (Å²) in [5.41, 5.74) is 1.50. The fraction of sp³-hybridized carbons (Fsp3) is 0.500. The van der Waals surface area contributed by atoms with Gasteiger partial charge in [0.25, 0.3) is 0 Å². The number of carbonyl (C=O) groups is 2. The van der Waals surface area contributed by atoms with Crippen LogP contribution in [0.15, 0.2) is 17.0 Å². The quantitative estimate of drug-likeness (QED) is 0.773. The molecule has 7 heteroatoms. The van der Waals surface area contributed by atoms with Crippen LogP contribution in [0.2, 0.25) is 0 Å². The molecule has 1 aliphatic heterocycles. The van der Waals surface area contributed by atoms with E-state index in [1.165, 1.54) is 29.7 Å². The van der Waals surface area contributed by atoms with Crippen LogP contribution >= 0.6 is 11.8 Å². The van der Waals surface area contributed by atoms with Gasteiger partial charge in [-0.1, -0.05) is 0 Å². The molecule has 126 valence electrons. The van der Waals surface area contributed by atoms with E-state index >= 15 is 0 Å². The lowest BCUT2D eigenvalue weighted by Gasteiger charge is -2.24. The van der Waals surface area contributed by atoms with Gasteiger partial charge in [0.05, 0.1) is 0 Å². The van der Waals surface area contributed by atoms with Crippen molar-refractivity contribution in [1.29, 1.82) is 0 Å². The zero-order valence-corrected chi connectivity index (χ0v) is 13.8. The van der Waals surface area contributed by atoms with Gasteiger partial charge in [-0.2, -0.15) is 0 Å². The third-order valence-electron chi connectivity index (χ3n) is 3.53. The van der Waals surface area contributed by atoms with Crippen LogP contribution in [0, 0.1) is 5.82 Å². The Morgan fingerprint density at radius 3 is 2.91 bits per heavy atom. The predicted molar refractivity (Wildman–Crippen MR) is 86.5 cm³/mol. The second-order valence-corrected chi connectivity index (χ2v) is 6.44. The summed E-state index contributed by atoms with van der Waals surface area (Å²) in [5.74, 6) is -0.565. The average molecular weight is 341 g/mol. The minimum atomic E-state index is -1.03. The lowest BCUT2D eigenvalue weighted by atomic mass is 10.1. The molecule has 0 bridgehead atoms. The summed E-state index contributed by atoms with van der Waals surface area (Å²) in [5, 5.41) is 8.50. The number of amides is 1. The zero-order chi connectivity index (χ0) is 16.8. The summed E-state index contributed by atoms with van der Waals surface area (Å²) in [6, 6.07) is 3.28. The van der Waals surface area contributed by atoms with Crippen LogP contribution in [0.1, 0.15) is 25.3 Å². The van der Waals surface area contributed by atoms with Crippen molar-refractivity contribution >= 4 is 29.3 Å². The van der Waals surface area contributed by atoms with E-state index in [2.05, 4.69) is 0 Å². The molecule has 1 N–H and O–H groups in total. The highest BCUT2D eigenvalue weighted by Crippen LogP contribution is 2.35. The van der Waals surface area contributed by atoms with Crippen LogP contribution in [0.4, 0.5) is 10.1 Å². The van der Waals surface area contributed by atoms with Crippen molar-refractivity contribution in [2.45, 2.75) is 31.1 Å². The maximum Gasteiger partial charge on any atom is 0.329 e. The maximum atomic E-state index is 14.2. The molecule has 0 fully saturated rings. The normalized spacial score (nSPS) is 13.5. The summed E-state index contributed by atoms with van der Waals surface area (Å²) in [4.78, 5) is 24.4. The summed E-state index contributed by atoms with van der Waals surface area (Å²) in [6.07, 6.45) is 2.31. The number of carbonyl (C=O) groups excluding carboxylic acids is 1. The van der Waals surface area contributed by atoms with Crippen molar-refractivity contribution in [3.05, 3.63) is 23.5 Å². The van der Waals surface area contributed by atoms with Gasteiger partial charge < -0.3 is 14.7 Å². The van der Waals surface area contributed by atoms with Gasteiger partial charge in [0.15, 0.2) is 0 Å². The summed E-state index contributed by atoms with van der Waals surface area (Å²) >= 11 is 1.52. The molecule has 5 nitrogen and oxygen atoms in total. The van der Waals surface area contributed by atoms with Crippen LogP contribution in [0.5, 0.6) is 0 Å². The molecule has 0 unspecified atom stereocenters. The molecule has 1 aromatic carbocycles. The first-order valence-electron chi connectivity index (χ1n) is 7.52. The van der Waals surface area contributed by atoms with E-state index < -0.39 is 5.97 Å². The van der Waals surface area contributed by atoms with Crippen molar-refractivity contribution in [2.24, 2.45) is 0 Å². The number of ether oxygens (including phenoxy) is 1. The third-order valence-corrected chi connectivity index (χ3v) is 4.77. The van der Waals surface area contributed by atoms with Crippen molar-refractivity contribution < 1.29 is 23.8 Å². The number of carboxylic acid groups (broad SMARTS) is 1. The number of hydrogen-bond donors (Lipinski definition) is 1. The summed E-state index contributed by atoms with van der Waals surface area (Å²) in [7, 11) is 0. The number of carboxylic acids is 1. The Bertz CT molecular complexity index is 594. The highest BCUT2D eigenvalue weighted by atomic mass is 32.2. The lowest BCUT2D eigenvalue weighted by molar-refractivity contribution is -0.142. The summed E-state index contributed by atoms with van der Waals surface area (Å²) < 4.78 is 19.2. The molecule has 1 amide bonds. The van der Waals surface area contributed by atoms with Gasteiger partial charge in [-0.25, -0.2) is 9.18 Å². The van der Waals surface area contributed by atoms with Gasteiger partial charge in [0.2, 0.25) is 5.91 Å². The molecule has 1 aromatic rings. The van der Waals surface area contributed by atoms with Gasteiger partial charge >= 0.3 is 5.97 Å². The van der Waals surface area contributed by atoms with Crippen molar-refractivity contribution in [2.75, 3.05) is 30.4 Å².